The molecule has 0 heterocycles. The molecular formula is C19H21Cl3N2O2. The molecule has 1 fully saturated rings. The molecule has 2 unspecified atom stereocenters. The highest BCUT2D eigenvalue weighted by atomic mass is 35.5. The van der Waals surface area contributed by atoms with E-state index in [4.69, 9.17) is 33.7 Å². The lowest BCUT2D eigenvalue weighted by Crippen LogP contribution is -2.35. The molecule has 140 valence electrons. The highest BCUT2D eigenvalue weighted by Crippen LogP contribution is 2.61. The van der Waals surface area contributed by atoms with Crippen LogP contribution in [0, 0.1) is 11.3 Å². The normalized spacial score (nSPS) is 26.6. The number of nitrogens with two attached hydrogens (primary N) is 1. The highest BCUT2D eigenvalue weighted by Gasteiger charge is 2.50. The van der Waals surface area contributed by atoms with Crippen LogP contribution in [0.3, 0.4) is 0 Å². The first-order chi connectivity index (χ1) is 11.9. The van der Waals surface area contributed by atoms with E-state index in [0.717, 1.165) is 48.8 Å². The Morgan fingerprint density at radius 1 is 1.42 bits per heavy atom. The first kappa shape index (κ1) is 19.5. The zero-order valence-corrected chi connectivity index (χ0v) is 16.8. The summed E-state index contributed by atoms with van der Waals surface area (Å²) in [6.45, 7) is 0.166. The van der Waals surface area contributed by atoms with Crippen molar-refractivity contribution in [3.05, 3.63) is 33.3 Å². The molecule has 2 bridgehead atoms. The number of hydrogen-bond donors (Lipinski definition) is 1. The predicted molar refractivity (Wildman–Crippen MR) is 108 cm³/mol. The highest BCUT2D eigenvalue weighted by molar-refractivity contribution is 6.44. The molecule has 1 aromatic carbocycles. The quantitative estimate of drug-likeness (QED) is 0.585. The lowest BCUT2D eigenvalue weighted by molar-refractivity contribution is -0.120. The molecule has 26 heavy (non-hydrogen) atoms. The van der Waals surface area contributed by atoms with E-state index in [2.05, 4.69) is 4.99 Å². The summed E-state index contributed by atoms with van der Waals surface area (Å²) in [6.07, 6.45) is 6.81. The number of halogens is 3. The average molecular weight is 416 g/mol. The Labute approximate surface area is 169 Å². The van der Waals surface area contributed by atoms with Crippen LogP contribution in [0.25, 0.3) is 5.57 Å². The van der Waals surface area contributed by atoms with Gasteiger partial charge in [0, 0.05) is 23.9 Å². The van der Waals surface area contributed by atoms with Crippen molar-refractivity contribution in [2.24, 2.45) is 22.1 Å². The topological polar surface area (TPSA) is 64.7 Å². The molecule has 0 amide bonds. The third-order valence-corrected chi connectivity index (χ3v) is 6.67. The minimum absolute atomic E-state index is 0. The summed E-state index contributed by atoms with van der Waals surface area (Å²) in [5.74, 6) is 1.31. The van der Waals surface area contributed by atoms with Crippen molar-refractivity contribution in [2.75, 3.05) is 13.7 Å². The summed E-state index contributed by atoms with van der Waals surface area (Å²) in [5.41, 5.74) is 8.86. The van der Waals surface area contributed by atoms with Crippen molar-refractivity contribution in [1.82, 2.24) is 0 Å². The number of carbonyl (C=O) groups is 1. The van der Waals surface area contributed by atoms with Gasteiger partial charge in [0.05, 0.1) is 5.02 Å². The SMILES string of the molecule is CN=C(N)COc1cc2c(c(Cl)c1Cl)C1=CC(=O)C3CCCC1(C2)C3.Cl. The molecule has 3 aliphatic rings. The van der Waals surface area contributed by atoms with E-state index in [1.807, 2.05) is 12.1 Å². The van der Waals surface area contributed by atoms with Gasteiger partial charge in [0.25, 0.3) is 0 Å². The summed E-state index contributed by atoms with van der Waals surface area (Å²) in [6, 6.07) is 1.95. The molecule has 4 rings (SSSR count). The average Bonchev–Trinajstić information content (AvgIpc) is 2.89. The van der Waals surface area contributed by atoms with Crippen LogP contribution >= 0.6 is 35.6 Å². The molecule has 1 aromatic rings. The van der Waals surface area contributed by atoms with Crippen LogP contribution in [-0.2, 0) is 11.2 Å². The number of nitrogens with zero attached hydrogens (tertiary/aromatic N) is 1. The first-order valence-corrected chi connectivity index (χ1v) is 9.32. The molecule has 0 radical (unpaired) electrons. The van der Waals surface area contributed by atoms with Gasteiger partial charge in [0.1, 0.15) is 23.2 Å². The van der Waals surface area contributed by atoms with Crippen LogP contribution in [0.5, 0.6) is 5.75 Å². The zero-order valence-electron chi connectivity index (χ0n) is 14.5. The van der Waals surface area contributed by atoms with Crippen molar-refractivity contribution >= 4 is 52.8 Å². The zero-order chi connectivity index (χ0) is 17.8. The lowest BCUT2D eigenvalue weighted by atomic mass is 9.61. The molecule has 0 aliphatic heterocycles. The Morgan fingerprint density at radius 2 is 2.19 bits per heavy atom. The van der Waals surface area contributed by atoms with Gasteiger partial charge in [-0.2, -0.15) is 0 Å². The Balaban J connectivity index is 0.00000196. The van der Waals surface area contributed by atoms with Crippen LogP contribution < -0.4 is 10.5 Å². The fraction of sp³-hybridized carbons (Fsp3) is 0.474. The van der Waals surface area contributed by atoms with Crippen molar-refractivity contribution in [2.45, 2.75) is 32.1 Å². The Morgan fingerprint density at radius 3 is 2.92 bits per heavy atom. The van der Waals surface area contributed by atoms with Crippen molar-refractivity contribution in [3.63, 3.8) is 0 Å². The lowest BCUT2D eigenvalue weighted by Gasteiger charge is -2.42. The molecular weight excluding hydrogens is 395 g/mol. The van der Waals surface area contributed by atoms with Crippen LogP contribution in [0.2, 0.25) is 10.0 Å². The summed E-state index contributed by atoms with van der Waals surface area (Å²) in [7, 11) is 1.61. The molecule has 3 aliphatic carbocycles. The Bertz CT molecular complexity index is 835. The van der Waals surface area contributed by atoms with E-state index in [0.29, 0.717) is 21.6 Å². The van der Waals surface area contributed by atoms with E-state index in [-0.39, 0.29) is 36.1 Å². The van der Waals surface area contributed by atoms with Gasteiger partial charge in [-0.1, -0.05) is 29.6 Å². The second kappa shape index (κ2) is 7.06. The number of amidine groups is 1. The van der Waals surface area contributed by atoms with E-state index in [1.54, 1.807) is 7.05 Å². The second-order valence-corrected chi connectivity index (χ2v) is 8.01. The minimum Gasteiger partial charge on any atom is -0.484 e. The number of benzene rings is 1. The predicted octanol–water partition coefficient (Wildman–Crippen LogP) is 4.48. The van der Waals surface area contributed by atoms with Crippen molar-refractivity contribution in [3.8, 4) is 5.75 Å². The molecule has 1 saturated carbocycles. The summed E-state index contributed by atoms with van der Waals surface area (Å²) >= 11 is 13.1. The summed E-state index contributed by atoms with van der Waals surface area (Å²) in [4.78, 5) is 16.3. The van der Waals surface area contributed by atoms with Crippen LogP contribution in [0.4, 0.5) is 0 Å². The summed E-state index contributed by atoms with van der Waals surface area (Å²) in [5, 5.41) is 0.841. The Hall–Kier alpha value is -1.23. The number of aliphatic imine (C=N–C) groups is 1. The minimum atomic E-state index is 0. The van der Waals surface area contributed by atoms with Crippen molar-refractivity contribution < 1.29 is 9.53 Å². The van der Waals surface area contributed by atoms with Gasteiger partial charge in [-0.05, 0) is 49.0 Å². The molecule has 7 heteroatoms. The van der Waals surface area contributed by atoms with Gasteiger partial charge in [-0.3, -0.25) is 9.79 Å². The maximum absolute atomic E-state index is 12.4. The van der Waals surface area contributed by atoms with Gasteiger partial charge in [0.15, 0.2) is 5.78 Å². The van der Waals surface area contributed by atoms with Gasteiger partial charge >= 0.3 is 0 Å². The van der Waals surface area contributed by atoms with Gasteiger partial charge in [0.2, 0.25) is 0 Å². The molecule has 4 nitrogen and oxygen atoms in total. The monoisotopic (exact) mass is 414 g/mol. The number of fused-ring (bicyclic) bond motifs is 3. The van der Waals surface area contributed by atoms with Crippen LogP contribution in [0.1, 0.15) is 36.8 Å². The van der Waals surface area contributed by atoms with Gasteiger partial charge in [-0.15, -0.1) is 12.4 Å². The number of rotatable bonds is 3. The molecule has 2 N–H and O–H groups in total. The number of allylic oxidation sites excluding steroid dienone is 2. The number of ether oxygens (including phenoxy) is 1. The smallest absolute Gasteiger partial charge is 0.159 e. The number of carbonyl (C=O) groups excluding carboxylic acids is 1. The summed E-state index contributed by atoms with van der Waals surface area (Å²) < 4.78 is 5.71. The van der Waals surface area contributed by atoms with Crippen LogP contribution in [0.15, 0.2) is 17.1 Å². The molecule has 0 aromatic heterocycles. The van der Waals surface area contributed by atoms with E-state index >= 15 is 0 Å². The van der Waals surface area contributed by atoms with E-state index < -0.39 is 0 Å². The van der Waals surface area contributed by atoms with E-state index in [9.17, 15) is 4.79 Å². The standard InChI is InChI=1S/C19H20Cl2N2O2.ClH/c1-23-15(22)9-25-14-5-11-8-19-4-2-3-10(7-19)13(24)6-12(19)16(11)18(21)17(14)20;/h5-6,10H,2-4,7-9H2,1H3,(H2,22,23);1H. The Kier molecular flexibility index (Phi) is 5.31. The van der Waals surface area contributed by atoms with Crippen molar-refractivity contribution in [1.29, 1.82) is 0 Å². The van der Waals surface area contributed by atoms with Gasteiger partial charge in [-0.25, -0.2) is 0 Å². The molecule has 1 spiro atoms. The maximum Gasteiger partial charge on any atom is 0.159 e. The fourth-order valence-corrected chi connectivity index (χ4v) is 5.15. The third-order valence-electron chi connectivity index (χ3n) is 5.82. The third kappa shape index (κ3) is 2.92. The number of hydrogen-bond acceptors (Lipinski definition) is 3. The molecule has 0 saturated heterocycles. The largest absolute Gasteiger partial charge is 0.484 e. The first-order valence-electron chi connectivity index (χ1n) is 8.56. The van der Waals surface area contributed by atoms with E-state index in [1.165, 1.54) is 0 Å². The fourth-order valence-electron chi connectivity index (χ4n) is 4.63. The maximum atomic E-state index is 12.4. The van der Waals surface area contributed by atoms with Crippen LogP contribution in [-0.4, -0.2) is 25.3 Å². The van der Waals surface area contributed by atoms with Gasteiger partial charge < -0.3 is 10.5 Å². The molecule has 2 atom stereocenters. The second-order valence-electron chi connectivity index (χ2n) is 7.25. The number of ketones is 1.